The molecule has 236 valence electrons. The van der Waals surface area contributed by atoms with Crippen LogP contribution in [0, 0.1) is 0 Å². The third-order valence-electron chi connectivity index (χ3n) is 10.4. The first-order valence-electron chi connectivity index (χ1n) is 17.1. The Morgan fingerprint density at radius 1 is 0.460 bits per heavy atom. The molecule has 0 saturated carbocycles. The Morgan fingerprint density at radius 2 is 1.06 bits per heavy atom. The number of amidine groups is 1. The summed E-state index contributed by atoms with van der Waals surface area (Å²) in [5.74, 6) is 1.02. The zero-order valence-electron chi connectivity index (χ0n) is 27.0. The summed E-state index contributed by atoms with van der Waals surface area (Å²) >= 11 is 1.86. The van der Waals surface area contributed by atoms with Crippen molar-refractivity contribution < 1.29 is 0 Å². The summed E-state index contributed by atoms with van der Waals surface area (Å²) in [5, 5.41) is 9.91. The van der Waals surface area contributed by atoms with Crippen molar-refractivity contribution in [2.75, 3.05) is 0 Å². The van der Waals surface area contributed by atoms with E-state index in [4.69, 9.17) is 4.99 Å². The van der Waals surface area contributed by atoms with E-state index in [1.54, 1.807) is 0 Å². The SMILES string of the molecule is c1ccc(C2N=C(c3ccc(-n4c5ccccc5c5cc(-c6ccc7sc8ccccc8c7c6)ccc54)cc3)N3C(c4ccccc4)N23)cc1. The number of para-hydroxylation sites is 1. The van der Waals surface area contributed by atoms with Crippen LogP contribution in [0.2, 0.25) is 0 Å². The minimum absolute atomic E-state index is 0.0400. The first-order valence-corrected chi connectivity index (χ1v) is 17.9. The van der Waals surface area contributed by atoms with E-state index in [1.165, 1.54) is 64.2 Å². The first kappa shape index (κ1) is 27.9. The molecule has 1 saturated heterocycles. The molecule has 0 aliphatic carbocycles. The molecule has 1 fully saturated rings. The molecule has 2 aromatic heterocycles. The molecule has 4 heterocycles. The second-order valence-electron chi connectivity index (χ2n) is 13.2. The lowest BCUT2D eigenvalue weighted by atomic mass is 10.0. The van der Waals surface area contributed by atoms with Crippen molar-refractivity contribution in [3.63, 3.8) is 0 Å². The molecule has 7 aromatic carbocycles. The molecule has 2 aliphatic rings. The van der Waals surface area contributed by atoms with Crippen LogP contribution in [0.15, 0.2) is 175 Å². The minimum Gasteiger partial charge on any atom is -0.309 e. The number of aromatic nitrogens is 1. The van der Waals surface area contributed by atoms with Gasteiger partial charge in [0.2, 0.25) is 0 Å². The van der Waals surface area contributed by atoms with Gasteiger partial charge in [0, 0.05) is 42.2 Å². The maximum Gasteiger partial charge on any atom is 0.150 e. The fraction of sp³-hybridized carbons (Fsp3) is 0.0444. The van der Waals surface area contributed by atoms with Crippen LogP contribution in [0.5, 0.6) is 0 Å². The lowest BCUT2D eigenvalue weighted by Crippen LogP contribution is -2.11. The topological polar surface area (TPSA) is 23.3 Å². The third-order valence-corrected chi connectivity index (χ3v) is 11.5. The second-order valence-corrected chi connectivity index (χ2v) is 14.3. The van der Waals surface area contributed by atoms with Crippen LogP contribution in [0.1, 0.15) is 29.0 Å². The van der Waals surface area contributed by atoms with Crippen LogP contribution in [0.4, 0.5) is 0 Å². The van der Waals surface area contributed by atoms with Gasteiger partial charge in [-0.25, -0.2) is 4.99 Å². The van der Waals surface area contributed by atoms with Crippen molar-refractivity contribution in [2.24, 2.45) is 4.99 Å². The maximum absolute atomic E-state index is 5.26. The molecule has 3 unspecified atom stereocenters. The summed E-state index contributed by atoms with van der Waals surface area (Å²) in [7, 11) is 0. The molecule has 9 aromatic rings. The number of fused-ring (bicyclic) bond motifs is 7. The monoisotopic (exact) mass is 658 g/mol. The van der Waals surface area contributed by atoms with Crippen LogP contribution in [-0.2, 0) is 0 Å². The second kappa shape index (κ2) is 10.7. The molecule has 5 heteroatoms. The van der Waals surface area contributed by atoms with Crippen LogP contribution >= 0.6 is 11.3 Å². The van der Waals surface area contributed by atoms with Crippen LogP contribution in [0.3, 0.4) is 0 Å². The molecule has 2 aliphatic heterocycles. The summed E-state index contributed by atoms with van der Waals surface area (Å²) in [6.07, 6.45) is 0.140. The maximum atomic E-state index is 5.26. The Bertz CT molecular complexity index is 2780. The van der Waals surface area contributed by atoms with Gasteiger partial charge >= 0.3 is 0 Å². The van der Waals surface area contributed by atoms with E-state index >= 15 is 0 Å². The van der Waals surface area contributed by atoms with Gasteiger partial charge in [-0.3, -0.25) is 5.01 Å². The Labute approximate surface area is 293 Å². The van der Waals surface area contributed by atoms with Gasteiger partial charge < -0.3 is 4.57 Å². The molecular weight excluding hydrogens is 629 g/mol. The number of aliphatic imine (C=N–C) groups is 1. The zero-order valence-corrected chi connectivity index (χ0v) is 27.8. The molecule has 0 N–H and O–H groups in total. The highest BCUT2D eigenvalue weighted by Crippen LogP contribution is 2.54. The minimum atomic E-state index is -0.0400. The highest BCUT2D eigenvalue weighted by atomic mass is 32.1. The van der Waals surface area contributed by atoms with Gasteiger partial charge in [0.15, 0.2) is 0 Å². The summed E-state index contributed by atoms with van der Waals surface area (Å²) in [4.78, 5) is 5.26. The lowest BCUT2D eigenvalue weighted by Gasteiger charge is -2.12. The predicted octanol–water partition coefficient (Wildman–Crippen LogP) is 11.5. The largest absolute Gasteiger partial charge is 0.309 e. The average molecular weight is 659 g/mol. The Balaban J connectivity index is 0.988. The zero-order chi connectivity index (χ0) is 32.8. The third kappa shape index (κ3) is 4.18. The van der Waals surface area contributed by atoms with Crippen LogP contribution < -0.4 is 0 Å². The van der Waals surface area contributed by atoms with E-state index in [-0.39, 0.29) is 12.3 Å². The van der Waals surface area contributed by atoms with E-state index in [0.717, 1.165) is 17.1 Å². The van der Waals surface area contributed by atoms with Crippen molar-refractivity contribution >= 4 is 59.2 Å². The summed E-state index contributed by atoms with van der Waals surface area (Å²) in [6, 6.07) is 61.6. The summed E-state index contributed by atoms with van der Waals surface area (Å²) in [5.41, 5.74) is 9.63. The number of benzene rings is 7. The number of hydrogen-bond acceptors (Lipinski definition) is 4. The van der Waals surface area contributed by atoms with E-state index < -0.39 is 0 Å². The Kier molecular flexibility index (Phi) is 5.99. The molecular formula is C45H30N4S. The van der Waals surface area contributed by atoms with Crippen LogP contribution in [0.25, 0.3) is 58.8 Å². The number of nitrogens with zero attached hydrogens (tertiary/aromatic N) is 4. The molecule has 50 heavy (non-hydrogen) atoms. The van der Waals surface area contributed by atoms with E-state index in [0.29, 0.717) is 0 Å². The van der Waals surface area contributed by atoms with Gasteiger partial charge in [-0.1, -0.05) is 109 Å². The molecule has 4 nitrogen and oxygen atoms in total. The first-order chi connectivity index (χ1) is 24.8. The van der Waals surface area contributed by atoms with Crippen molar-refractivity contribution in [2.45, 2.75) is 12.3 Å². The van der Waals surface area contributed by atoms with Gasteiger partial charge in [0.25, 0.3) is 0 Å². The van der Waals surface area contributed by atoms with Crippen molar-refractivity contribution in [3.05, 3.63) is 187 Å². The molecule has 0 radical (unpaired) electrons. The highest BCUT2D eigenvalue weighted by Gasteiger charge is 2.57. The van der Waals surface area contributed by atoms with E-state index in [1.807, 2.05) is 11.3 Å². The van der Waals surface area contributed by atoms with Gasteiger partial charge in [0.05, 0.1) is 11.0 Å². The normalized spacial score (nSPS) is 18.3. The standard InChI is InChI=1S/C45H30N4S/c1-3-11-29(12-4-1)43-46-44(49-45(48(43)49)31-13-5-2-6-14-31)30-19-23-34(24-20-30)47-39-17-9-7-15-35(39)37-27-32(21-25-40(37)47)33-22-26-42-38(28-33)36-16-8-10-18-41(36)50-42/h1-28,43,45H. The lowest BCUT2D eigenvalue weighted by molar-refractivity contribution is 0.341. The molecule has 11 rings (SSSR count). The fourth-order valence-electron chi connectivity index (χ4n) is 7.97. The van der Waals surface area contributed by atoms with Gasteiger partial charge in [-0.2, -0.15) is 5.01 Å². The molecule has 0 amide bonds. The smallest absolute Gasteiger partial charge is 0.150 e. The number of hydrogen-bond donors (Lipinski definition) is 0. The van der Waals surface area contributed by atoms with E-state index in [2.05, 4.69) is 184 Å². The average Bonchev–Trinajstić information content (AvgIpc) is 3.44. The Hall–Kier alpha value is -6.01. The predicted molar refractivity (Wildman–Crippen MR) is 208 cm³/mol. The molecule has 3 atom stereocenters. The van der Waals surface area contributed by atoms with Crippen molar-refractivity contribution in [3.8, 4) is 16.8 Å². The van der Waals surface area contributed by atoms with Crippen molar-refractivity contribution in [1.29, 1.82) is 0 Å². The molecule has 0 bridgehead atoms. The molecule has 0 spiro atoms. The van der Waals surface area contributed by atoms with Gasteiger partial charge in [-0.15, -0.1) is 11.3 Å². The fourth-order valence-corrected chi connectivity index (χ4v) is 9.06. The number of thiophene rings is 1. The van der Waals surface area contributed by atoms with Crippen LogP contribution in [-0.4, -0.2) is 20.4 Å². The number of hydrazine groups is 1. The highest BCUT2D eigenvalue weighted by molar-refractivity contribution is 7.25. The van der Waals surface area contributed by atoms with Gasteiger partial charge in [0.1, 0.15) is 18.2 Å². The van der Waals surface area contributed by atoms with Gasteiger partial charge in [-0.05, 0) is 82.9 Å². The summed E-state index contributed by atoms with van der Waals surface area (Å²) in [6.45, 7) is 0. The number of rotatable bonds is 5. The van der Waals surface area contributed by atoms with E-state index in [9.17, 15) is 0 Å². The summed E-state index contributed by atoms with van der Waals surface area (Å²) < 4.78 is 5.06. The Morgan fingerprint density at radius 3 is 1.86 bits per heavy atom. The van der Waals surface area contributed by atoms with Crippen molar-refractivity contribution in [1.82, 2.24) is 14.6 Å². The quantitative estimate of drug-likeness (QED) is 0.172.